The first-order valence-corrected chi connectivity index (χ1v) is 12.5. The van der Waals surface area contributed by atoms with E-state index in [9.17, 15) is 31.1 Å². The van der Waals surface area contributed by atoms with Crippen molar-refractivity contribution in [3.05, 3.63) is 47.9 Å². The quantitative estimate of drug-likeness (QED) is 0.555. The third-order valence-corrected chi connectivity index (χ3v) is 8.07. The van der Waals surface area contributed by atoms with Gasteiger partial charge in [-0.3, -0.25) is 0 Å². The summed E-state index contributed by atoms with van der Waals surface area (Å²) in [7, 11) is -3.30. The number of sulfonamides is 1. The number of nitrogens with zero attached hydrogens (tertiary/aromatic N) is 4. The van der Waals surface area contributed by atoms with E-state index in [0.717, 1.165) is 31.0 Å². The Labute approximate surface area is 193 Å². The Kier molecular flexibility index (Phi) is 5.10. The number of aromatic hydroxyl groups is 1. The zero-order chi connectivity index (χ0) is 24.5. The minimum absolute atomic E-state index is 0.119. The van der Waals surface area contributed by atoms with Gasteiger partial charge < -0.3 is 10.0 Å². The van der Waals surface area contributed by atoms with Crippen LogP contribution in [0.1, 0.15) is 24.8 Å². The molecule has 7 nitrogen and oxygen atoms in total. The average molecular weight is 499 g/mol. The van der Waals surface area contributed by atoms with Crippen LogP contribution >= 0.6 is 0 Å². The number of hydrogen-bond acceptors (Lipinski definition) is 5. The van der Waals surface area contributed by atoms with Crippen LogP contribution in [0.5, 0.6) is 5.75 Å². The molecule has 1 saturated carbocycles. The number of alkyl halides is 3. The summed E-state index contributed by atoms with van der Waals surface area (Å²) >= 11 is 0. The van der Waals surface area contributed by atoms with Crippen molar-refractivity contribution < 1.29 is 31.1 Å². The summed E-state index contributed by atoms with van der Waals surface area (Å²) in [5.41, 5.74) is -0.613. The van der Waals surface area contributed by atoms with Crippen LogP contribution in [0.3, 0.4) is 0 Å². The second-order valence-corrected chi connectivity index (χ2v) is 10.9. The summed E-state index contributed by atoms with van der Waals surface area (Å²) in [4.78, 5) is 2.21. The molecular weight excluding hydrogens is 476 g/mol. The fraction of sp³-hybridized carbons (Fsp3) is 0.409. The van der Waals surface area contributed by atoms with Gasteiger partial charge in [0.15, 0.2) is 11.6 Å². The highest BCUT2D eigenvalue weighted by Gasteiger charge is 2.48. The van der Waals surface area contributed by atoms with E-state index in [0.29, 0.717) is 36.6 Å². The van der Waals surface area contributed by atoms with Crippen LogP contribution in [0.4, 0.5) is 23.2 Å². The molecule has 1 N–H and O–H groups in total. The number of benzene rings is 2. The summed E-state index contributed by atoms with van der Waals surface area (Å²) in [6, 6.07) is 6.91. The summed E-state index contributed by atoms with van der Waals surface area (Å²) in [5, 5.41) is 14.5. The molecule has 2 fully saturated rings. The van der Waals surface area contributed by atoms with Gasteiger partial charge in [-0.05, 0) is 43.5 Å². The van der Waals surface area contributed by atoms with E-state index in [1.807, 2.05) is 12.1 Å². The smallest absolute Gasteiger partial charge is 0.419 e. The third kappa shape index (κ3) is 3.68. The molecule has 2 heterocycles. The highest BCUT2D eigenvalue weighted by Crippen LogP contribution is 2.44. The maximum Gasteiger partial charge on any atom is 0.419 e. The molecule has 0 atom stereocenters. The fourth-order valence-electron chi connectivity index (χ4n) is 4.96. The van der Waals surface area contributed by atoms with Crippen LogP contribution in [0, 0.1) is 5.82 Å². The number of phenolic OH excluding ortho intramolecular Hbond substituents is 1. The van der Waals surface area contributed by atoms with Crippen molar-refractivity contribution in [2.75, 3.05) is 30.8 Å². The average Bonchev–Trinajstić information content (AvgIpc) is 3.15. The fourth-order valence-corrected chi connectivity index (χ4v) is 5.85. The molecule has 2 aromatic carbocycles. The summed E-state index contributed by atoms with van der Waals surface area (Å²) in [5.74, 6) is -2.84. The molecule has 0 bridgehead atoms. The topological polar surface area (TPSA) is 78.7 Å². The molecule has 1 saturated heterocycles. The molecule has 0 amide bonds. The van der Waals surface area contributed by atoms with Gasteiger partial charge in [0.2, 0.25) is 10.0 Å². The monoisotopic (exact) mass is 498 g/mol. The van der Waals surface area contributed by atoms with Crippen molar-refractivity contribution in [1.82, 2.24) is 14.1 Å². The first-order chi connectivity index (χ1) is 15.9. The lowest BCUT2D eigenvalue weighted by atomic mass is 9.74. The van der Waals surface area contributed by atoms with Gasteiger partial charge in [-0.15, -0.1) is 0 Å². The van der Waals surface area contributed by atoms with Crippen LogP contribution in [0.15, 0.2) is 36.5 Å². The van der Waals surface area contributed by atoms with Gasteiger partial charge in [-0.2, -0.15) is 22.6 Å². The van der Waals surface area contributed by atoms with Gasteiger partial charge in [-0.25, -0.2) is 17.5 Å². The largest absolute Gasteiger partial charge is 0.505 e. The van der Waals surface area contributed by atoms with Crippen LogP contribution in [-0.4, -0.2) is 59.0 Å². The normalized spacial score (nSPS) is 19.0. The Hall–Kier alpha value is -2.86. The Morgan fingerprint density at radius 2 is 1.82 bits per heavy atom. The number of phenols is 1. The SMILES string of the molecule is CS(=O)(=O)N1CCN(c2ccc3c(cnn3-c3cc(O)c(F)c(C(F)(F)F)c3)c2)C2(CCC2)C1. The van der Waals surface area contributed by atoms with Crippen LogP contribution in [0.2, 0.25) is 0 Å². The lowest BCUT2D eigenvalue weighted by Gasteiger charge is -2.56. The van der Waals surface area contributed by atoms with Crippen LogP contribution < -0.4 is 4.90 Å². The van der Waals surface area contributed by atoms with Crippen molar-refractivity contribution in [3.8, 4) is 11.4 Å². The lowest BCUT2D eigenvalue weighted by Crippen LogP contribution is -2.66. The standard InChI is InChI=1S/C22H22F4N4O3S/c1-34(32,33)28-7-8-29(21(13-28)5-2-6-21)15-3-4-18-14(9-15)12-27-30(18)16-10-17(22(24,25)26)20(23)19(31)11-16/h3-4,9-12,31H,2,5-8,13H2,1H3. The maximum atomic E-state index is 13.9. The molecule has 1 aromatic heterocycles. The first kappa shape index (κ1) is 22.9. The number of halogens is 4. The van der Waals surface area contributed by atoms with Gasteiger partial charge in [0, 0.05) is 36.8 Å². The number of hydrogen-bond donors (Lipinski definition) is 1. The minimum atomic E-state index is -4.97. The molecule has 1 aliphatic carbocycles. The van der Waals surface area contributed by atoms with Crippen LogP contribution in [0.25, 0.3) is 16.6 Å². The minimum Gasteiger partial charge on any atom is -0.505 e. The highest BCUT2D eigenvalue weighted by molar-refractivity contribution is 7.88. The first-order valence-electron chi connectivity index (χ1n) is 10.7. The van der Waals surface area contributed by atoms with Crippen molar-refractivity contribution in [2.45, 2.75) is 31.0 Å². The van der Waals surface area contributed by atoms with Crippen molar-refractivity contribution >= 4 is 26.6 Å². The van der Waals surface area contributed by atoms with E-state index in [4.69, 9.17) is 0 Å². The molecule has 1 aliphatic heterocycles. The zero-order valence-corrected chi connectivity index (χ0v) is 19.0. The number of rotatable bonds is 3. The van der Waals surface area contributed by atoms with Gasteiger partial charge in [0.1, 0.15) is 0 Å². The summed E-state index contributed by atoms with van der Waals surface area (Å²) in [6.45, 7) is 1.30. The van der Waals surface area contributed by atoms with Crippen molar-refractivity contribution in [2.24, 2.45) is 0 Å². The summed E-state index contributed by atoms with van der Waals surface area (Å²) < 4.78 is 80.4. The summed E-state index contributed by atoms with van der Waals surface area (Å²) in [6.07, 6.45) is 0.471. The predicted octanol–water partition coefficient (Wildman–Crippen LogP) is 3.89. The number of fused-ring (bicyclic) bond motifs is 1. The molecule has 0 unspecified atom stereocenters. The number of aromatic nitrogens is 2. The molecule has 5 rings (SSSR count). The maximum absolute atomic E-state index is 13.9. The Morgan fingerprint density at radius 1 is 1.09 bits per heavy atom. The Morgan fingerprint density at radius 3 is 2.44 bits per heavy atom. The van der Waals surface area contributed by atoms with E-state index in [1.54, 1.807) is 6.07 Å². The van der Waals surface area contributed by atoms with E-state index in [1.165, 1.54) is 21.4 Å². The second-order valence-electron chi connectivity index (χ2n) is 8.95. The van der Waals surface area contributed by atoms with Gasteiger partial charge in [0.05, 0.1) is 34.8 Å². The molecule has 0 radical (unpaired) electrons. The molecule has 3 aromatic rings. The third-order valence-electron chi connectivity index (χ3n) is 6.82. The molecule has 12 heteroatoms. The Balaban J connectivity index is 1.52. The van der Waals surface area contributed by atoms with Gasteiger partial charge in [-0.1, -0.05) is 0 Å². The molecule has 1 spiro atoms. The highest BCUT2D eigenvalue weighted by atomic mass is 32.2. The lowest BCUT2D eigenvalue weighted by molar-refractivity contribution is -0.140. The predicted molar refractivity (Wildman–Crippen MR) is 118 cm³/mol. The zero-order valence-electron chi connectivity index (χ0n) is 18.2. The molecule has 182 valence electrons. The van der Waals surface area contributed by atoms with Gasteiger partial charge in [0.25, 0.3) is 0 Å². The second kappa shape index (κ2) is 7.57. The van der Waals surface area contributed by atoms with E-state index >= 15 is 0 Å². The van der Waals surface area contributed by atoms with Crippen molar-refractivity contribution in [3.63, 3.8) is 0 Å². The van der Waals surface area contributed by atoms with E-state index in [2.05, 4.69) is 10.00 Å². The van der Waals surface area contributed by atoms with E-state index < -0.39 is 33.3 Å². The van der Waals surface area contributed by atoms with E-state index in [-0.39, 0.29) is 11.2 Å². The van der Waals surface area contributed by atoms with Crippen molar-refractivity contribution in [1.29, 1.82) is 0 Å². The van der Waals surface area contributed by atoms with Gasteiger partial charge >= 0.3 is 6.18 Å². The van der Waals surface area contributed by atoms with Crippen LogP contribution in [-0.2, 0) is 16.2 Å². The Bertz CT molecular complexity index is 1380. The molecule has 34 heavy (non-hydrogen) atoms. The number of piperazine rings is 1. The molecule has 2 aliphatic rings. The molecular formula is C22H22F4N4O3S. The number of anilines is 1.